The fraction of sp³-hybridized carbons (Fsp3) is 0.294. The molecule has 1 heterocycles. The van der Waals surface area contributed by atoms with Gasteiger partial charge in [0, 0.05) is 24.8 Å². The summed E-state index contributed by atoms with van der Waals surface area (Å²) in [6, 6.07) is 9.46. The predicted molar refractivity (Wildman–Crippen MR) is 83.7 cm³/mol. The van der Waals surface area contributed by atoms with Crippen LogP contribution in [0.5, 0.6) is 0 Å². The van der Waals surface area contributed by atoms with E-state index < -0.39 is 0 Å². The molecular formula is C17H20FN3O. The van der Waals surface area contributed by atoms with E-state index in [0.717, 1.165) is 5.56 Å². The quantitative estimate of drug-likeness (QED) is 0.923. The molecule has 22 heavy (non-hydrogen) atoms. The second-order valence-corrected chi connectivity index (χ2v) is 5.06. The number of nitrogens with two attached hydrogens (primary N) is 1. The number of amides is 1. The number of hydrogen-bond donors (Lipinski definition) is 1. The van der Waals surface area contributed by atoms with Gasteiger partial charge in [0.1, 0.15) is 5.82 Å². The van der Waals surface area contributed by atoms with Crippen LogP contribution >= 0.6 is 0 Å². The van der Waals surface area contributed by atoms with E-state index in [-0.39, 0.29) is 17.8 Å². The van der Waals surface area contributed by atoms with Crippen LogP contribution in [0, 0.1) is 5.82 Å². The third-order valence-corrected chi connectivity index (χ3v) is 3.69. The third kappa shape index (κ3) is 3.49. The highest BCUT2D eigenvalue weighted by Gasteiger charge is 2.21. The third-order valence-electron chi connectivity index (χ3n) is 3.69. The van der Waals surface area contributed by atoms with Gasteiger partial charge in [-0.2, -0.15) is 0 Å². The Morgan fingerprint density at radius 3 is 2.59 bits per heavy atom. The van der Waals surface area contributed by atoms with Crippen LogP contribution < -0.4 is 5.73 Å². The minimum Gasteiger partial charge on any atom is -0.332 e. The molecule has 1 aromatic heterocycles. The molecule has 0 bridgehead atoms. The molecule has 0 radical (unpaired) electrons. The van der Waals surface area contributed by atoms with Crippen molar-refractivity contribution < 1.29 is 9.18 Å². The first-order valence-corrected chi connectivity index (χ1v) is 7.28. The molecule has 4 nitrogen and oxygen atoms in total. The molecule has 0 aliphatic heterocycles. The van der Waals surface area contributed by atoms with E-state index in [9.17, 15) is 9.18 Å². The van der Waals surface area contributed by atoms with Crippen LogP contribution in [0.1, 0.15) is 41.5 Å². The van der Waals surface area contributed by atoms with Gasteiger partial charge < -0.3 is 10.6 Å². The van der Waals surface area contributed by atoms with Gasteiger partial charge in [0.2, 0.25) is 0 Å². The summed E-state index contributed by atoms with van der Waals surface area (Å²) in [5.41, 5.74) is 7.70. The molecule has 0 spiro atoms. The Hall–Kier alpha value is -2.27. The SMILES string of the molecule is CCN(C(=O)c1ccnc(CN)c1)C(C)c1ccc(F)cc1. The van der Waals surface area contributed by atoms with Gasteiger partial charge in [-0.3, -0.25) is 9.78 Å². The first-order valence-electron chi connectivity index (χ1n) is 7.28. The van der Waals surface area contributed by atoms with Crippen LogP contribution in [0.2, 0.25) is 0 Å². The number of rotatable bonds is 5. The standard InChI is InChI=1S/C17H20FN3O/c1-3-21(12(2)13-4-6-15(18)7-5-13)17(22)14-8-9-20-16(10-14)11-19/h4-10,12H,3,11,19H2,1-2H3. The van der Waals surface area contributed by atoms with Crippen LogP contribution in [-0.2, 0) is 6.54 Å². The second kappa shape index (κ2) is 7.13. The van der Waals surface area contributed by atoms with Crippen molar-refractivity contribution in [2.45, 2.75) is 26.4 Å². The van der Waals surface area contributed by atoms with Crippen LogP contribution in [0.4, 0.5) is 4.39 Å². The average molecular weight is 301 g/mol. The van der Waals surface area contributed by atoms with Gasteiger partial charge in [-0.05, 0) is 43.7 Å². The summed E-state index contributed by atoms with van der Waals surface area (Å²) in [6.45, 7) is 4.70. The molecule has 0 aliphatic rings. The zero-order valence-electron chi connectivity index (χ0n) is 12.8. The largest absolute Gasteiger partial charge is 0.332 e. The van der Waals surface area contributed by atoms with Gasteiger partial charge in [-0.25, -0.2) is 4.39 Å². The number of halogens is 1. The van der Waals surface area contributed by atoms with Crippen molar-refractivity contribution in [3.63, 3.8) is 0 Å². The predicted octanol–water partition coefficient (Wildman–Crippen LogP) is 2.90. The van der Waals surface area contributed by atoms with E-state index in [1.54, 1.807) is 35.4 Å². The first-order chi connectivity index (χ1) is 10.6. The van der Waals surface area contributed by atoms with Crippen molar-refractivity contribution in [2.24, 2.45) is 5.73 Å². The van der Waals surface area contributed by atoms with Gasteiger partial charge in [0.05, 0.1) is 11.7 Å². The highest BCUT2D eigenvalue weighted by molar-refractivity contribution is 5.94. The number of carbonyl (C=O) groups excluding carboxylic acids is 1. The maximum Gasteiger partial charge on any atom is 0.254 e. The van der Waals surface area contributed by atoms with Crippen molar-refractivity contribution in [1.82, 2.24) is 9.88 Å². The Morgan fingerprint density at radius 1 is 1.32 bits per heavy atom. The lowest BCUT2D eigenvalue weighted by Crippen LogP contribution is -2.33. The van der Waals surface area contributed by atoms with E-state index in [1.807, 2.05) is 13.8 Å². The van der Waals surface area contributed by atoms with Gasteiger partial charge in [0.25, 0.3) is 5.91 Å². The summed E-state index contributed by atoms with van der Waals surface area (Å²) in [6.07, 6.45) is 1.59. The van der Waals surface area contributed by atoms with Gasteiger partial charge in [0.15, 0.2) is 0 Å². The average Bonchev–Trinajstić information content (AvgIpc) is 2.56. The molecule has 1 aromatic carbocycles. The Balaban J connectivity index is 2.26. The molecule has 2 rings (SSSR count). The van der Waals surface area contributed by atoms with E-state index in [0.29, 0.717) is 24.3 Å². The Bertz CT molecular complexity index is 643. The Labute approximate surface area is 129 Å². The van der Waals surface area contributed by atoms with E-state index in [1.165, 1.54) is 12.1 Å². The number of pyridine rings is 1. The topological polar surface area (TPSA) is 59.2 Å². The molecule has 0 fully saturated rings. The maximum atomic E-state index is 13.0. The summed E-state index contributed by atoms with van der Waals surface area (Å²) in [5, 5.41) is 0. The number of benzene rings is 1. The zero-order valence-corrected chi connectivity index (χ0v) is 12.8. The van der Waals surface area contributed by atoms with Crippen molar-refractivity contribution in [3.8, 4) is 0 Å². The first kappa shape index (κ1) is 16.1. The normalized spacial score (nSPS) is 12.0. The fourth-order valence-electron chi connectivity index (χ4n) is 2.40. The number of hydrogen-bond acceptors (Lipinski definition) is 3. The Morgan fingerprint density at radius 2 is 2.00 bits per heavy atom. The van der Waals surface area contributed by atoms with Gasteiger partial charge in [-0.15, -0.1) is 0 Å². The number of nitrogens with zero attached hydrogens (tertiary/aromatic N) is 2. The minimum absolute atomic E-state index is 0.0866. The number of carbonyl (C=O) groups is 1. The van der Waals surface area contributed by atoms with Crippen molar-refractivity contribution in [2.75, 3.05) is 6.54 Å². The molecule has 1 atom stereocenters. The molecule has 0 saturated heterocycles. The molecule has 1 amide bonds. The van der Waals surface area contributed by atoms with Crippen LogP contribution in [0.15, 0.2) is 42.6 Å². The van der Waals surface area contributed by atoms with E-state index >= 15 is 0 Å². The van der Waals surface area contributed by atoms with Crippen molar-refractivity contribution in [3.05, 3.63) is 65.2 Å². The van der Waals surface area contributed by atoms with E-state index in [2.05, 4.69) is 4.98 Å². The van der Waals surface area contributed by atoms with Crippen LogP contribution in [0.3, 0.4) is 0 Å². The molecule has 0 aliphatic carbocycles. The maximum absolute atomic E-state index is 13.0. The second-order valence-electron chi connectivity index (χ2n) is 5.06. The monoisotopic (exact) mass is 301 g/mol. The lowest BCUT2D eigenvalue weighted by Gasteiger charge is -2.28. The Kier molecular flexibility index (Phi) is 5.22. The zero-order chi connectivity index (χ0) is 16.1. The molecule has 1 unspecified atom stereocenters. The lowest BCUT2D eigenvalue weighted by atomic mass is 10.1. The molecular weight excluding hydrogens is 281 g/mol. The van der Waals surface area contributed by atoms with Crippen LogP contribution in [0.25, 0.3) is 0 Å². The van der Waals surface area contributed by atoms with Gasteiger partial charge >= 0.3 is 0 Å². The summed E-state index contributed by atoms with van der Waals surface area (Å²) < 4.78 is 13.0. The van der Waals surface area contributed by atoms with Crippen LogP contribution in [-0.4, -0.2) is 22.3 Å². The van der Waals surface area contributed by atoms with Crippen molar-refractivity contribution in [1.29, 1.82) is 0 Å². The summed E-state index contributed by atoms with van der Waals surface area (Å²) in [4.78, 5) is 18.5. The molecule has 2 aromatic rings. The smallest absolute Gasteiger partial charge is 0.254 e. The summed E-state index contributed by atoms with van der Waals surface area (Å²) >= 11 is 0. The molecule has 5 heteroatoms. The summed E-state index contributed by atoms with van der Waals surface area (Å²) in [5.74, 6) is -0.372. The molecule has 0 saturated carbocycles. The molecule has 2 N–H and O–H groups in total. The highest BCUT2D eigenvalue weighted by atomic mass is 19.1. The lowest BCUT2D eigenvalue weighted by molar-refractivity contribution is 0.0702. The van der Waals surface area contributed by atoms with E-state index in [4.69, 9.17) is 5.73 Å². The minimum atomic E-state index is -0.285. The highest BCUT2D eigenvalue weighted by Crippen LogP contribution is 2.22. The number of aromatic nitrogens is 1. The van der Waals surface area contributed by atoms with Crippen molar-refractivity contribution >= 4 is 5.91 Å². The molecule has 116 valence electrons. The summed E-state index contributed by atoms with van der Waals surface area (Å²) in [7, 11) is 0. The van der Waals surface area contributed by atoms with Gasteiger partial charge in [-0.1, -0.05) is 12.1 Å². The fourth-order valence-corrected chi connectivity index (χ4v) is 2.40.